The maximum Gasteiger partial charge on any atom is 0.0618 e. The lowest BCUT2D eigenvalue weighted by Gasteiger charge is -2.37. The molecule has 4 heteroatoms. The average molecular weight is 1480 g/mol. The molecule has 0 saturated heterocycles. The molecule has 0 N–H and O–H groups in total. The van der Waals surface area contributed by atoms with Gasteiger partial charge in [-0.15, -0.1) is 0 Å². The van der Waals surface area contributed by atoms with Crippen molar-refractivity contribution in [2.24, 2.45) is 0 Å². The van der Waals surface area contributed by atoms with E-state index in [1.54, 1.807) is 0 Å². The van der Waals surface area contributed by atoms with E-state index in [9.17, 15) is 0 Å². The predicted octanol–water partition coefficient (Wildman–Crippen LogP) is 31.8. The molecule has 20 aromatic rings. The summed E-state index contributed by atoms with van der Waals surface area (Å²) in [6, 6.07) is 174. The molecule has 0 aliphatic rings. The molecule has 4 nitrogen and oxygen atoms in total. The lowest BCUT2D eigenvalue weighted by molar-refractivity contribution is 1.26. The first-order valence-electron chi connectivity index (χ1n) is 39.8. The van der Waals surface area contributed by atoms with Crippen molar-refractivity contribution in [3.05, 3.63) is 473 Å². The molecule has 0 unspecified atom stereocenters. The van der Waals surface area contributed by atoms with Crippen LogP contribution < -0.4 is 19.6 Å². The van der Waals surface area contributed by atoms with Crippen LogP contribution in [0.3, 0.4) is 0 Å². The summed E-state index contributed by atoms with van der Waals surface area (Å²) in [6.07, 6.45) is 0. The van der Waals surface area contributed by atoms with Crippen LogP contribution in [0.1, 0.15) is 0 Å². The molecule has 0 fully saturated rings. The zero-order valence-corrected chi connectivity index (χ0v) is 63.8. The van der Waals surface area contributed by atoms with Gasteiger partial charge in [0.15, 0.2) is 0 Å². The summed E-state index contributed by atoms with van der Waals surface area (Å²) >= 11 is 0. The van der Waals surface area contributed by atoms with Crippen molar-refractivity contribution in [1.29, 1.82) is 0 Å². The number of nitrogens with zero attached hydrogens (tertiary/aromatic N) is 4. The third-order valence-corrected chi connectivity index (χ3v) is 22.5. The summed E-state index contributed by atoms with van der Waals surface area (Å²) in [6.45, 7) is 0. The first kappa shape index (κ1) is 69.8. The average Bonchev–Trinajstić information content (AvgIpc) is 0.694. The number of benzene rings is 20. The van der Waals surface area contributed by atoms with E-state index in [0.717, 1.165) is 190 Å². The monoisotopic (exact) mass is 1480 g/mol. The van der Waals surface area contributed by atoms with Gasteiger partial charge in [-0.2, -0.15) is 0 Å². The molecule has 0 atom stereocenters. The van der Waals surface area contributed by atoms with Crippen LogP contribution in [0.2, 0.25) is 0 Å². The van der Waals surface area contributed by atoms with E-state index in [1.807, 2.05) is 0 Å². The van der Waals surface area contributed by atoms with Gasteiger partial charge < -0.3 is 19.6 Å². The lowest BCUT2D eigenvalue weighted by atomic mass is 9.87. The molecule has 116 heavy (non-hydrogen) atoms. The summed E-state index contributed by atoms with van der Waals surface area (Å²) in [5.74, 6) is 0. The van der Waals surface area contributed by atoms with Crippen LogP contribution in [0.4, 0.5) is 68.2 Å². The molecule has 546 valence electrons. The Bertz CT molecular complexity index is 5760. The minimum atomic E-state index is 0.987. The van der Waals surface area contributed by atoms with Gasteiger partial charge in [0.1, 0.15) is 0 Å². The highest BCUT2D eigenvalue weighted by Crippen LogP contribution is 2.60. The van der Waals surface area contributed by atoms with Crippen molar-refractivity contribution in [2.75, 3.05) is 19.6 Å². The quantitative estimate of drug-likeness (QED) is 0.0705. The number of para-hydroxylation sites is 8. The zero-order chi connectivity index (χ0) is 77.1. The van der Waals surface area contributed by atoms with Crippen molar-refractivity contribution in [1.82, 2.24) is 0 Å². The van der Waals surface area contributed by atoms with Crippen LogP contribution >= 0.6 is 0 Å². The largest absolute Gasteiger partial charge is 0.309 e. The van der Waals surface area contributed by atoms with E-state index in [-0.39, 0.29) is 0 Å². The first-order chi connectivity index (χ1) is 57.7. The first-order valence-corrected chi connectivity index (χ1v) is 39.8. The molecule has 0 amide bonds. The predicted molar refractivity (Wildman–Crippen MR) is 492 cm³/mol. The molecule has 0 aliphatic carbocycles. The van der Waals surface area contributed by atoms with Crippen LogP contribution in [0.25, 0.3) is 121 Å². The van der Waals surface area contributed by atoms with Crippen LogP contribution in [-0.4, -0.2) is 0 Å². The Balaban J connectivity index is 1.03. The fourth-order valence-electron chi connectivity index (χ4n) is 17.5. The zero-order valence-electron chi connectivity index (χ0n) is 63.8. The number of hydrogen-bond donors (Lipinski definition) is 0. The molecule has 0 bridgehead atoms. The molecular weight excluding hydrogens is 1400 g/mol. The second kappa shape index (κ2) is 31.1. The molecule has 0 spiro atoms. The normalized spacial score (nSPS) is 11.3. The maximum atomic E-state index is 2.59. The van der Waals surface area contributed by atoms with Gasteiger partial charge in [0.05, 0.1) is 45.5 Å². The third kappa shape index (κ3) is 12.8. The smallest absolute Gasteiger partial charge is 0.0618 e. The maximum absolute atomic E-state index is 2.59. The Morgan fingerprint density at radius 1 is 0.121 bits per heavy atom. The van der Waals surface area contributed by atoms with Gasteiger partial charge in [0.25, 0.3) is 0 Å². The highest BCUT2D eigenvalue weighted by atomic mass is 15.2. The molecule has 20 rings (SSSR count). The van der Waals surface area contributed by atoms with Crippen molar-refractivity contribution in [3.63, 3.8) is 0 Å². The second-order valence-electron chi connectivity index (χ2n) is 29.3. The summed E-state index contributed by atoms with van der Waals surface area (Å²) in [5, 5.41) is 6.43. The van der Waals surface area contributed by atoms with E-state index >= 15 is 0 Å². The van der Waals surface area contributed by atoms with Gasteiger partial charge in [-0.25, -0.2) is 0 Å². The van der Waals surface area contributed by atoms with Crippen molar-refractivity contribution < 1.29 is 0 Å². The summed E-state index contributed by atoms with van der Waals surface area (Å²) in [7, 11) is 0. The lowest BCUT2D eigenvalue weighted by Crippen LogP contribution is -2.18. The molecule has 0 saturated carbocycles. The minimum absolute atomic E-state index is 0.987. The molecule has 0 heterocycles. The Morgan fingerprint density at radius 2 is 0.259 bits per heavy atom. The van der Waals surface area contributed by atoms with E-state index in [4.69, 9.17) is 0 Å². The third-order valence-electron chi connectivity index (χ3n) is 22.5. The number of anilines is 12. The van der Waals surface area contributed by atoms with Gasteiger partial charge in [0.2, 0.25) is 0 Å². The molecule has 0 aliphatic heterocycles. The van der Waals surface area contributed by atoms with E-state index in [2.05, 4.69) is 493 Å². The Hall–Kier alpha value is -15.4. The molecule has 20 aromatic carbocycles. The molecular formula is C112H78N4. The summed E-state index contributed by atoms with van der Waals surface area (Å²) in [5.41, 5.74) is 29.6. The Labute approximate surface area is 677 Å². The van der Waals surface area contributed by atoms with Crippen LogP contribution in [-0.2, 0) is 0 Å². The fraction of sp³-hybridized carbons (Fsp3) is 0. The van der Waals surface area contributed by atoms with Gasteiger partial charge in [-0.05, 0) is 105 Å². The fourth-order valence-corrected chi connectivity index (χ4v) is 17.5. The van der Waals surface area contributed by atoms with Gasteiger partial charge in [-0.3, -0.25) is 0 Å². The van der Waals surface area contributed by atoms with Crippen molar-refractivity contribution in [3.8, 4) is 89.0 Å². The minimum Gasteiger partial charge on any atom is -0.309 e. The molecule has 0 radical (unpaired) electrons. The summed E-state index contributed by atoms with van der Waals surface area (Å²) < 4.78 is 0. The van der Waals surface area contributed by atoms with Gasteiger partial charge in [-0.1, -0.05) is 413 Å². The molecule has 0 aromatic heterocycles. The van der Waals surface area contributed by atoms with Crippen LogP contribution in [0, 0.1) is 0 Å². The van der Waals surface area contributed by atoms with Crippen molar-refractivity contribution in [2.45, 2.75) is 0 Å². The Kier molecular flexibility index (Phi) is 18.7. The highest BCUT2D eigenvalue weighted by molar-refractivity contribution is 6.34. The Morgan fingerprint density at radius 3 is 0.405 bits per heavy atom. The van der Waals surface area contributed by atoms with Crippen LogP contribution in [0.5, 0.6) is 0 Å². The van der Waals surface area contributed by atoms with E-state index in [1.165, 1.54) is 0 Å². The standard InChI is InChI=1S/C112H78N4/c1-13-41-79(42-14-1)91-65-37-66-92(80-43-15-2-16-44-80)109(91)113(87-57-29-9-30-58-87)103-77-104(114(88-59-31-10-32-60-88)110-93(81-45-17-3-18-46-81)67-38-68-94(110)82-47-19-4-20-48-82)100-75-76-102-106(116(90-63-35-12-36-64-90)112-97(85-53-25-7-26-54-85)71-40-72-98(112)86-55-27-8-28-56-86)78-105(101-74-73-99(103)107(100)108(101)102)115(89-61-33-11-34-62-89)111-95(83-49-21-5-22-50-83)69-39-70-96(111)84-51-23-6-24-52-84/h1-78H. The second-order valence-corrected chi connectivity index (χ2v) is 29.3. The number of rotatable bonds is 20. The van der Waals surface area contributed by atoms with Gasteiger partial charge >= 0.3 is 0 Å². The van der Waals surface area contributed by atoms with E-state index in [0.29, 0.717) is 0 Å². The van der Waals surface area contributed by atoms with Crippen molar-refractivity contribution >= 4 is 101 Å². The summed E-state index contributed by atoms with van der Waals surface area (Å²) in [4.78, 5) is 10.3. The van der Waals surface area contributed by atoms with Crippen LogP contribution in [0.15, 0.2) is 473 Å². The van der Waals surface area contributed by atoms with Gasteiger partial charge in [0, 0.05) is 99.6 Å². The number of hydrogen-bond acceptors (Lipinski definition) is 4. The highest BCUT2D eigenvalue weighted by Gasteiger charge is 2.34. The van der Waals surface area contributed by atoms with E-state index < -0.39 is 0 Å². The topological polar surface area (TPSA) is 13.0 Å². The SMILES string of the molecule is c1ccc(-c2cccc(-c3ccccc3)c2N(c2ccccc2)c2cc(N(c3ccccc3)c3c(-c4ccccc4)cccc3-c3ccccc3)c3ccc4c(N(c5ccccc5)c5c(-c6ccccc6)cccc5-c5ccccc5)cc(N(c5ccccc5)c5c(-c6ccccc6)cccc5-c5ccccc5)c5ccc2c3c54)cc1.